The van der Waals surface area contributed by atoms with Gasteiger partial charge in [0, 0.05) is 12.0 Å². The van der Waals surface area contributed by atoms with Gasteiger partial charge < -0.3 is 14.6 Å². The molecule has 1 aliphatic heterocycles. The number of rotatable bonds is 3. The Bertz CT molecular complexity index is 482. The predicted molar refractivity (Wildman–Crippen MR) is 62.6 cm³/mol. The van der Waals surface area contributed by atoms with Gasteiger partial charge in [0.2, 0.25) is 0 Å². The predicted octanol–water partition coefficient (Wildman–Crippen LogP) is 1.94. The van der Waals surface area contributed by atoms with Crippen LogP contribution in [-0.2, 0) is 0 Å². The van der Waals surface area contributed by atoms with Crippen molar-refractivity contribution in [2.24, 2.45) is 0 Å². The van der Waals surface area contributed by atoms with E-state index in [-0.39, 0.29) is 42.5 Å². The number of ketones is 1. The van der Waals surface area contributed by atoms with E-state index in [1.54, 1.807) is 0 Å². The van der Waals surface area contributed by atoms with E-state index in [1.807, 2.05) is 13.8 Å². The Morgan fingerprint density at radius 3 is 2.89 bits per heavy atom. The minimum absolute atomic E-state index is 0.0369. The Hall–Kier alpha value is -1.62. The van der Waals surface area contributed by atoms with Crippen molar-refractivity contribution in [3.63, 3.8) is 0 Å². The molecular formula is C13H15FO4. The largest absolute Gasteiger partial charge is 0.483 e. The number of Topliss-reactive ketones (excluding diaryl/α,β-unsaturated/α-hetero) is 1. The van der Waals surface area contributed by atoms with E-state index >= 15 is 0 Å². The highest BCUT2D eigenvalue weighted by Gasteiger charge is 2.31. The second kappa shape index (κ2) is 4.57. The molecule has 4 nitrogen and oxygen atoms in total. The summed E-state index contributed by atoms with van der Waals surface area (Å²) in [6.07, 6.45) is -0.0392. The molecule has 98 valence electrons. The van der Waals surface area contributed by atoms with E-state index in [1.165, 1.54) is 6.07 Å². The third kappa shape index (κ3) is 2.46. The summed E-state index contributed by atoms with van der Waals surface area (Å²) in [7, 11) is 0. The first-order valence-corrected chi connectivity index (χ1v) is 5.72. The Morgan fingerprint density at radius 1 is 1.50 bits per heavy atom. The molecule has 0 atom stereocenters. The molecule has 0 unspecified atom stereocenters. The number of aliphatic hydroxyl groups excluding tert-OH is 1. The van der Waals surface area contributed by atoms with Gasteiger partial charge in [-0.3, -0.25) is 4.79 Å². The summed E-state index contributed by atoms with van der Waals surface area (Å²) < 4.78 is 24.7. The second-order valence-electron chi connectivity index (χ2n) is 4.83. The van der Waals surface area contributed by atoms with Gasteiger partial charge in [0.15, 0.2) is 23.1 Å². The van der Waals surface area contributed by atoms with Gasteiger partial charge in [-0.15, -0.1) is 0 Å². The average molecular weight is 254 g/mol. The topological polar surface area (TPSA) is 55.8 Å². The van der Waals surface area contributed by atoms with Gasteiger partial charge in [-0.25, -0.2) is 4.39 Å². The summed E-state index contributed by atoms with van der Waals surface area (Å²) in [6, 6.07) is 2.57. The van der Waals surface area contributed by atoms with Gasteiger partial charge in [0.05, 0.1) is 6.61 Å². The number of fused-ring (bicyclic) bond motifs is 1. The minimum Gasteiger partial charge on any atom is -0.483 e. The molecule has 1 aromatic rings. The van der Waals surface area contributed by atoms with E-state index < -0.39 is 11.4 Å². The number of hydrogen-bond acceptors (Lipinski definition) is 4. The summed E-state index contributed by atoms with van der Waals surface area (Å²) in [5, 5.41) is 8.72. The molecule has 0 spiro atoms. The van der Waals surface area contributed by atoms with Crippen molar-refractivity contribution in [2.75, 3.05) is 13.2 Å². The van der Waals surface area contributed by atoms with Crippen molar-refractivity contribution in [1.29, 1.82) is 0 Å². The van der Waals surface area contributed by atoms with Crippen molar-refractivity contribution in [2.45, 2.75) is 25.9 Å². The fourth-order valence-corrected chi connectivity index (χ4v) is 1.76. The van der Waals surface area contributed by atoms with E-state index in [0.717, 1.165) is 6.07 Å². The van der Waals surface area contributed by atoms with Crippen LogP contribution >= 0.6 is 0 Å². The van der Waals surface area contributed by atoms with Crippen LogP contribution < -0.4 is 9.47 Å². The number of aliphatic hydroxyl groups is 1. The zero-order valence-electron chi connectivity index (χ0n) is 10.3. The van der Waals surface area contributed by atoms with Gasteiger partial charge in [-0.2, -0.15) is 0 Å². The highest BCUT2D eigenvalue weighted by molar-refractivity contribution is 5.96. The lowest BCUT2D eigenvalue weighted by Crippen LogP contribution is -2.39. The Labute approximate surface area is 104 Å². The third-order valence-electron chi connectivity index (χ3n) is 2.62. The minimum atomic E-state index is -0.621. The molecule has 0 fully saturated rings. The van der Waals surface area contributed by atoms with E-state index in [2.05, 4.69) is 0 Å². The Morgan fingerprint density at radius 2 is 2.22 bits per heavy atom. The molecule has 5 heteroatoms. The van der Waals surface area contributed by atoms with Crippen molar-refractivity contribution in [3.8, 4) is 11.5 Å². The lowest BCUT2D eigenvalue weighted by molar-refractivity contribution is 0.0183. The van der Waals surface area contributed by atoms with Crippen LogP contribution in [0.3, 0.4) is 0 Å². The summed E-state index contributed by atoms with van der Waals surface area (Å²) in [4.78, 5) is 11.6. The van der Waals surface area contributed by atoms with Gasteiger partial charge >= 0.3 is 0 Å². The molecule has 0 saturated carbocycles. The van der Waals surface area contributed by atoms with Crippen molar-refractivity contribution < 1.29 is 23.8 Å². The smallest absolute Gasteiger partial charge is 0.197 e. The first kappa shape index (κ1) is 12.8. The van der Waals surface area contributed by atoms with Crippen molar-refractivity contribution in [1.82, 2.24) is 0 Å². The molecular weight excluding hydrogens is 239 g/mol. The number of benzene rings is 1. The highest BCUT2D eigenvalue weighted by Crippen LogP contribution is 2.38. The van der Waals surface area contributed by atoms with Crippen LogP contribution in [0.1, 0.15) is 30.6 Å². The maximum Gasteiger partial charge on any atom is 0.197 e. The molecule has 18 heavy (non-hydrogen) atoms. The van der Waals surface area contributed by atoms with Crippen LogP contribution in [0.5, 0.6) is 11.5 Å². The maximum absolute atomic E-state index is 13.8. The Balaban J connectivity index is 2.38. The molecule has 1 aliphatic rings. The molecule has 1 N–H and O–H groups in total. The molecule has 0 aliphatic carbocycles. The molecule has 1 aromatic carbocycles. The summed E-state index contributed by atoms with van der Waals surface area (Å²) in [6.45, 7) is 3.62. The van der Waals surface area contributed by atoms with Crippen molar-refractivity contribution in [3.05, 3.63) is 23.5 Å². The molecule has 0 bridgehead atoms. The summed E-state index contributed by atoms with van der Waals surface area (Å²) in [5.41, 5.74) is -0.375. The first-order chi connectivity index (χ1) is 8.43. The number of carbonyl (C=O) groups excluding carboxylic acids is 1. The second-order valence-corrected chi connectivity index (χ2v) is 4.83. The van der Waals surface area contributed by atoms with E-state index in [0.29, 0.717) is 0 Å². The van der Waals surface area contributed by atoms with Crippen LogP contribution in [0.25, 0.3) is 0 Å². The van der Waals surface area contributed by atoms with Crippen LogP contribution in [0.4, 0.5) is 4.39 Å². The van der Waals surface area contributed by atoms with Gasteiger partial charge in [-0.1, -0.05) is 0 Å². The van der Waals surface area contributed by atoms with Crippen LogP contribution in [-0.4, -0.2) is 29.7 Å². The zero-order chi connectivity index (χ0) is 13.3. The lowest BCUT2D eigenvalue weighted by Gasteiger charge is -2.32. The number of carbonyl (C=O) groups is 1. The summed E-state index contributed by atoms with van der Waals surface area (Å²) in [5.74, 6) is -0.683. The molecule has 0 aromatic heterocycles. The summed E-state index contributed by atoms with van der Waals surface area (Å²) >= 11 is 0. The van der Waals surface area contributed by atoms with Gasteiger partial charge in [0.25, 0.3) is 0 Å². The highest BCUT2D eigenvalue weighted by atomic mass is 19.1. The van der Waals surface area contributed by atoms with E-state index in [9.17, 15) is 9.18 Å². The van der Waals surface area contributed by atoms with Gasteiger partial charge in [0.1, 0.15) is 12.2 Å². The number of halogens is 1. The fourth-order valence-electron chi connectivity index (χ4n) is 1.76. The maximum atomic E-state index is 13.8. The quantitative estimate of drug-likeness (QED) is 0.837. The lowest BCUT2D eigenvalue weighted by atomic mass is 10.1. The van der Waals surface area contributed by atoms with Crippen LogP contribution in [0.2, 0.25) is 0 Å². The number of ether oxygens (including phenoxy) is 2. The molecule has 0 radical (unpaired) electrons. The average Bonchev–Trinajstić information content (AvgIpc) is 2.27. The molecule has 0 amide bonds. The Kier molecular flexibility index (Phi) is 3.26. The third-order valence-corrected chi connectivity index (χ3v) is 2.62. The molecule has 1 heterocycles. The van der Waals surface area contributed by atoms with Crippen LogP contribution in [0, 0.1) is 5.82 Å². The van der Waals surface area contributed by atoms with Gasteiger partial charge in [-0.05, 0) is 26.0 Å². The SMILES string of the molecule is CC1(C)COc2c(F)cc(C(=O)CCO)cc2O1. The van der Waals surface area contributed by atoms with E-state index in [4.69, 9.17) is 14.6 Å². The molecule has 0 saturated heterocycles. The molecule has 2 rings (SSSR count). The standard InChI is InChI=1S/C13H15FO4/c1-13(2)7-17-12-9(14)5-8(6-11(12)18-13)10(16)3-4-15/h5-6,15H,3-4,7H2,1-2H3. The van der Waals surface area contributed by atoms with Crippen molar-refractivity contribution >= 4 is 5.78 Å². The number of hydrogen-bond donors (Lipinski definition) is 1. The first-order valence-electron chi connectivity index (χ1n) is 5.72. The fraction of sp³-hybridized carbons (Fsp3) is 0.462. The zero-order valence-corrected chi connectivity index (χ0v) is 10.3. The normalized spacial score (nSPS) is 16.4. The monoisotopic (exact) mass is 254 g/mol. The van der Waals surface area contributed by atoms with Crippen LogP contribution in [0.15, 0.2) is 12.1 Å².